The van der Waals surface area contributed by atoms with E-state index in [2.05, 4.69) is 25.9 Å². The molecule has 0 bridgehead atoms. The number of benzene rings is 2. The number of aromatic nitrogens is 2. The van der Waals surface area contributed by atoms with E-state index in [0.29, 0.717) is 26.6 Å². The number of imidazole rings is 1. The second-order valence-corrected chi connectivity index (χ2v) is 5.68. The Hall–Kier alpha value is -1.59. The van der Waals surface area contributed by atoms with Crippen LogP contribution in [0.2, 0.25) is 0 Å². The minimum Gasteiger partial charge on any atom is -0.306 e. The number of alkyl halides is 1. The molecule has 3 aromatic rings. The first-order chi connectivity index (χ1) is 9.56. The van der Waals surface area contributed by atoms with Gasteiger partial charge in [0.05, 0.1) is 20.9 Å². The molecule has 0 radical (unpaired) electrons. The topological polar surface area (TPSA) is 48.6 Å². The summed E-state index contributed by atoms with van der Waals surface area (Å²) in [6.07, 6.45) is 0. The predicted octanol–water partition coefficient (Wildman–Crippen LogP) is 4.09. The average Bonchev–Trinajstić information content (AvgIpc) is 2.80. The van der Waals surface area contributed by atoms with Gasteiger partial charge < -0.3 is 9.97 Å². The highest BCUT2D eigenvalue weighted by molar-refractivity contribution is 9.10. The molecule has 0 aliphatic carbocycles. The number of hydrogen-bond donors (Lipinski definition) is 2. The van der Waals surface area contributed by atoms with E-state index in [9.17, 15) is 9.18 Å². The van der Waals surface area contributed by atoms with Gasteiger partial charge in [0, 0.05) is 5.56 Å². The van der Waals surface area contributed by atoms with Crippen LogP contribution in [0.3, 0.4) is 0 Å². The average molecular weight is 356 g/mol. The maximum absolute atomic E-state index is 14.1. The van der Waals surface area contributed by atoms with Crippen molar-refractivity contribution in [2.45, 2.75) is 5.38 Å². The Morgan fingerprint density at radius 2 is 1.90 bits per heavy atom. The SMILES string of the molecule is O=c1[nH]c2ccc(C(Cl)c3cccc(Br)c3F)cc2[nH]1. The first-order valence-electron chi connectivity index (χ1n) is 5.86. The molecule has 3 nitrogen and oxygen atoms in total. The van der Waals surface area contributed by atoms with Crippen molar-refractivity contribution in [2.24, 2.45) is 0 Å². The summed E-state index contributed by atoms with van der Waals surface area (Å²) >= 11 is 9.50. The number of rotatable bonds is 2. The molecule has 1 heterocycles. The van der Waals surface area contributed by atoms with E-state index in [1.165, 1.54) is 0 Å². The second kappa shape index (κ2) is 5.07. The molecule has 0 spiro atoms. The highest BCUT2D eigenvalue weighted by atomic mass is 79.9. The summed E-state index contributed by atoms with van der Waals surface area (Å²) in [4.78, 5) is 16.5. The standard InChI is InChI=1S/C14H9BrClFN2O/c15-9-3-1-2-8(13(9)17)12(16)7-4-5-10-11(6-7)19-14(20)18-10/h1-6,12H,(H2,18,19,20). The van der Waals surface area contributed by atoms with Crippen LogP contribution in [0.1, 0.15) is 16.5 Å². The van der Waals surface area contributed by atoms with Gasteiger partial charge in [0.25, 0.3) is 0 Å². The molecule has 2 N–H and O–H groups in total. The van der Waals surface area contributed by atoms with Gasteiger partial charge in [-0.2, -0.15) is 0 Å². The third kappa shape index (κ3) is 2.27. The number of aromatic amines is 2. The van der Waals surface area contributed by atoms with Gasteiger partial charge in [0.1, 0.15) is 5.82 Å². The Labute approximate surface area is 126 Å². The van der Waals surface area contributed by atoms with Crippen molar-refractivity contribution in [3.8, 4) is 0 Å². The van der Waals surface area contributed by atoms with Crippen LogP contribution in [0.4, 0.5) is 4.39 Å². The summed E-state index contributed by atoms with van der Waals surface area (Å²) in [5.41, 5.74) is 2.16. The first kappa shape index (κ1) is 13.4. The molecule has 20 heavy (non-hydrogen) atoms. The molecule has 1 atom stereocenters. The minimum atomic E-state index is -0.629. The molecule has 0 saturated carbocycles. The lowest BCUT2D eigenvalue weighted by atomic mass is 10.0. The van der Waals surface area contributed by atoms with Crippen molar-refractivity contribution < 1.29 is 4.39 Å². The summed E-state index contributed by atoms with van der Waals surface area (Å²) < 4.78 is 14.4. The van der Waals surface area contributed by atoms with Crippen molar-refractivity contribution in [1.82, 2.24) is 9.97 Å². The van der Waals surface area contributed by atoms with Crippen LogP contribution < -0.4 is 5.69 Å². The fourth-order valence-corrected chi connectivity index (χ4v) is 2.79. The zero-order chi connectivity index (χ0) is 14.3. The van der Waals surface area contributed by atoms with Gasteiger partial charge in [0.2, 0.25) is 0 Å². The van der Waals surface area contributed by atoms with Crippen LogP contribution in [0.25, 0.3) is 11.0 Å². The Kier molecular flexibility index (Phi) is 3.40. The zero-order valence-corrected chi connectivity index (χ0v) is 12.4. The number of halogens is 3. The monoisotopic (exact) mass is 354 g/mol. The molecular weight excluding hydrogens is 347 g/mol. The van der Waals surface area contributed by atoms with Gasteiger partial charge in [-0.3, -0.25) is 0 Å². The Morgan fingerprint density at radius 3 is 2.70 bits per heavy atom. The minimum absolute atomic E-state index is 0.281. The molecule has 1 unspecified atom stereocenters. The van der Waals surface area contributed by atoms with Crippen molar-refractivity contribution in [3.05, 3.63) is 68.3 Å². The summed E-state index contributed by atoms with van der Waals surface area (Å²) in [7, 11) is 0. The molecule has 0 aliphatic heterocycles. The predicted molar refractivity (Wildman–Crippen MR) is 80.7 cm³/mol. The number of H-pyrrole nitrogens is 2. The summed E-state index contributed by atoms with van der Waals surface area (Å²) in [5.74, 6) is -0.379. The number of hydrogen-bond acceptors (Lipinski definition) is 1. The van der Waals surface area contributed by atoms with E-state index in [0.717, 1.165) is 0 Å². The first-order valence-corrected chi connectivity index (χ1v) is 7.09. The van der Waals surface area contributed by atoms with Gasteiger partial charge in [0.15, 0.2) is 0 Å². The molecule has 2 aromatic carbocycles. The molecular formula is C14H9BrClFN2O. The van der Waals surface area contributed by atoms with E-state index in [4.69, 9.17) is 11.6 Å². The van der Waals surface area contributed by atoms with Crippen molar-refractivity contribution in [2.75, 3.05) is 0 Å². The lowest BCUT2D eigenvalue weighted by molar-refractivity contribution is 0.605. The molecule has 6 heteroatoms. The lowest BCUT2D eigenvalue weighted by Crippen LogP contribution is -1.99. The van der Waals surface area contributed by atoms with Gasteiger partial charge in [-0.25, -0.2) is 9.18 Å². The van der Waals surface area contributed by atoms with Gasteiger partial charge in [-0.05, 0) is 39.7 Å². The van der Waals surface area contributed by atoms with Crippen LogP contribution in [-0.4, -0.2) is 9.97 Å². The van der Waals surface area contributed by atoms with E-state index in [1.807, 2.05) is 0 Å². The molecule has 0 saturated heterocycles. The van der Waals surface area contributed by atoms with Crippen molar-refractivity contribution in [3.63, 3.8) is 0 Å². The maximum Gasteiger partial charge on any atom is 0.323 e. The summed E-state index contributed by atoms with van der Waals surface area (Å²) in [6, 6.07) is 10.2. The molecule has 0 aliphatic rings. The smallest absolute Gasteiger partial charge is 0.306 e. The number of nitrogens with one attached hydrogen (secondary N) is 2. The molecule has 0 fully saturated rings. The third-order valence-electron chi connectivity index (χ3n) is 3.09. The number of fused-ring (bicyclic) bond motifs is 1. The summed E-state index contributed by atoms with van der Waals surface area (Å²) in [5, 5.41) is -0.629. The third-order valence-corrected chi connectivity index (χ3v) is 4.19. The van der Waals surface area contributed by atoms with Gasteiger partial charge in [-0.1, -0.05) is 18.2 Å². The van der Waals surface area contributed by atoms with Gasteiger partial charge in [-0.15, -0.1) is 11.6 Å². The van der Waals surface area contributed by atoms with Crippen LogP contribution in [0, 0.1) is 5.82 Å². The van der Waals surface area contributed by atoms with E-state index < -0.39 is 5.38 Å². The Balaban J connectivity index is 2.09. The normalized spacial score (nSPS) is 12.8. The van der Waals surface area contributed by atoms with Crippen LogP contribution in [-0.2, 0) is 0 Å². The molecule has 1 aromatic heterocycles. The quantitative estimate of drug-likeness (QED) is 0.668. The lowest BCUT2D eigenvalue weighted by Gasteiger charge is -2.12. The van der Waals surface area contributed by atoms with Crippen molar-refractivity contribution in [1.29, 1.82) is 0 Å². The fourth-order valence-electron chi connectivity index (χ4n) is 2.10. The van der Waals surface area contributed by atoms with Crippen LogP contribution in [0.5, 0.6) is 0 Å². The zero-order valence-electron chi connectivity index (χ0n) is 10.1. The van der Waals surface area contributed by atoms with E-state index >= 15 is 0 Å². The Morgan fingerprint density at radius 1 is 1.15 bits per heavy atom. The van der Waals surface area contributed by atoms with Crippen molar-refractivity contribution >= 4 is 38.6 Å². The molecule has 3 rings (SSSR count). The van der Waals surface area contributed by atoms with Gasteiger partial charge >= 0.3 is 5.69 Å². The largest absolute Gasteiger partial charge is 0.323 e. The van der Waals surface area contributed by atoms with E-state index in [1.54, 1.807) is 36.4 Å². The second-order valence-electron chi connectivity index (χ2n) is 4.39. The highest BCUT2D eigenvalue weighted by Crippen LogP contribution is 2.33. The molecule has 0 amide bonds. The summed E-state index contributed by atoms with van der Waals surface area (Å²) in [6.45, 7) is 0. The highest BCUT2D eigenvalue weighted by Gasteiger charge is 2.17. The molecule has 102 valence electrons. The maximum atomic E-state index is 14.1. The van der Waals surface area contributed by atoms with Crippen LogP contribution >= 0.6 is 27.5 Å². The fraction of sp³-hybridized carbons (Fsp3) is 0.0714. The van der Waals surface area contributed by atoms with Crippen LogP contribution in [0.15, 0.2) is 45.7 Å². The van der Waals surface area contributed by atoms with E-state index in [-0.39, 0.29) is 11.5 Å². The Bertz CT molecular complexity index is 843.